The van der Waals surface area contributed by atoms with E-state index in [9.17, 15) is 13.2 Å². The van der Waals surface area contributed by atoms with Gasteiger partial charge in [-0.1, -0.05) is 26.2 Å². The Balaban J connectivity index is 1.84. The van der Waals surface area contributed by atoms with Gasteiger partial charge in [0, 0.05) is 11.6 Å². The van der Waals surface area contributed by atoms with Crippen LogP contribution in [0.25, 0.3) is 0 Å². The topological polar surface area (TPSA) is 28.7 Å². The first-order valence-corrected chi connectivity index (χ1v) is 8.13. The van der Waals surface area contributed by atoms with Crippen LogP contribution >= 0.6 is 0 Å². The van der Waals surface area contributed by atoms with Gasteiger partial charge in [-0.2, -0.15) is 13.2 Å². The van der Waals surface area contributed by atoms with Gasteiger partial charge < -0.3 is 4.98 Å². The molecule has 1 saturated carbocycles. The van der Waals surface area contributed by atoms with Crippen molar-refractivity contribution in [3.8, 4) is 0 Å². The molecule has 0 amide bonds. The van der Waals surface area contributed by atoms with E-state index in [2.05, 4.69) is 16.9 Å². The molecule has 0 bridgehead atoms. The van der Waals surface area contributed by atoms with Gasteiger partial charge in [0.15, 0.2) is 0 Å². The third-order valence-corrected chi connectivity index (χ3v) is 5.28. The smallest absolute Gasteiger partial charge is 0.345 e. The Labute approximate surface area is 123 Å². The zero-order valence-corrected chi connectivity index (χ0v) is 12.5. The lowest BCUT2D eigenvalue weighted by Gasteiger charge is -2.31. The molecule has 3 unspecified atom stereocenters. The molecule has 21 heavy (non-hydrogen) atoms. The number of halogens is 3. The summed E-state index contributed by atoms with van der Waals surface area (Å²) in [7, 11) is 0. The van der Waals surface area contributed by atoms with Crippen molar-refractivity contribution in [2.75, 3.05) is 0 Å². The van der Waals surface area contributed by atoms with Crippen LogP contribution in [0.4, 0.5) is 13.2 Å². The van der Waals surface area contributed by atoms with Crippen molar-refractivity contribution in [3.63, 3.8) is 0 Å². The first kappa shape index (κ1) is 14.9. The van der Waals surface area contributed by atoms with E-state index in [1.807, 2.05) is 0 Å². The van der Waals surface area contributed by atoms with Gasteiger partial charge >= 0.3 is 6.18 Å². The van der Waals surface area contributed by atoms with Gasteiger partial charge in [-0.15, -0.1) is 0 Å². The number of fused-ring (bicyclic) bond motifs is 1. The second-order valence-corrected chi connectivity index (χ2v) is 6.60. The van der Waals surface area contributed by atoms with Crippen LogP contribution in [0.2, 0.25) is 0 Å². The second kappa shape index (κ2) is 5.65. The van der Waals surface area contributed by atoms with E-state index in [-0.39, 0.29) is 6.42 Å². The fraction of sp³-hybridized carbons (Fsp3) is 0.812. The molecule has 2 aliphatic rings. The highest BCUT2D eigenvalue weighted by molar-refractivity contribution is 5.21. The summed E-state index contributed by atoms with van der Waals surface area (Å²) in [6.45, 7) is 2.17. The van der Waals surface area contributed by atoms with E-state index in [1.54, 1.807) is 0 Å². The maximum absolute atomic E-state index is 13.2. The Hall–Kier alpha value is -1.00. The summed E-state index contributed by atoms with van der Waals surface area (Å²) in [6.07, 6.45) is 2.40. The summed E-state index contributed by atoms with van der Waals surface area (Å²) < 4.78 is 39.7. The highest BCUT2D eigenvalue weighted by atomic mass is 19.4. The number of aromatic amines is 1. The Morgan fingerprint density at radius 3 is 2.67 bits per heavy atom. The predicted molar refractivity (Wildman–Crippen MR) is 75.1 cm³/mol. The molecule has 2 aliphatic carbocycles. The number of nitrogens with zero attached hydrogens (tertiary/aromatic N) is 1. The summed E-state index contributed by atoms with van der Waals surface area (Å²) in [5.74, 6) is -0.445. The van der Waals surface area contributed by atoms with E-state index in [0.717, 1.165) is 43.5 Å². The number of alkyl halides is 3. The molecule has 3 rings (SSSR count). The van der Waals surface area contributed by atoms with Crippen LogP contribution in [0.15, 0.2) is 0 Å². The second-order valence-electron chi connectivity index (χ2n) is 6.60. The van der Waals surface area contributed by atoms with Crippen molar-refractivity contribution in [3.05, 3.63) is 17.2 Å². The Morgan fingerprint density at radius 2 is 1.95 bits per heavy atom. The van der Waals surface area contributed by atoms with Gasteiger partial charge in [0.25, 0.3) is 0 Å². The van der Waals surface area contributed by atoms with E-state index < -0.39 is 18.0 Å². The van der Waals surface area contributed by atoms with Crippen molar-refractivity contribution < 1.29 is 13.2 Å². The van der Waals surface area contributed by atoms with Gasteiger partial charge in [-0.25, -0.2) is 4.98 Å². The molecule has 2 nitrogen and oxygen atoms in total. The summed E-state index contributed by atoms with van der Waals surface area (Å²) in [5, 5.41) is 0. The molecular formula is C16H23F3N2. The Morgan fingerprint density at radius 1 is 1.19 bits per heavy atom. The lowest BCUT2D eigenvalue weighted by Crippen LogP contribution is -2.32. The van der Waals surface area contributed by atoms with Crippen molar-refractivity contribution in [1.82, 2.24) is 9.97 Å². The summed E-state index contributed by atoms with van der Waals surface area (Å²) in [5.41, 5.74) is 2.11. The average Bonchev–Trinajstić information content (AvgIpc) is 2.89. The fourth-order valence-electron chi connectivity index (χ4n) is 3.95. The van der Waals surface area contributed by atoms with Crippen LogP contribution in [-0.2, 0) is 12.8 Å². The Kier molecular flexibility index (Phi) is 4.02. The van der Waals surface area contributed by atoms with E-state index in [0.29, 0.717) is 24.6 Å². The molecule has 1 fully saturated rings. The lowest BCUT2D eigenvalue weighted by molar-refractivity contribution is -0.187. The molecule has 1 aromatic heterocycles. The normalized spacial score (nSPS) is 30.2. The zero-order valence-electron chi connectivity index (χ0n) is 12.5. The first-order chi connectivity index (χ1) is 9.99. The number of aromatic nitrogens is 2. The van der Waals surface area contributed by atoms with Gasteiger partial charge in [0.05, 0.1) is 11.6 Å². The molecule has 0 spiro atoms. The number of aryl methyl sites for hydroxylation is 1. The largest absolute Gasteiger partial charge is 0.392 e. The number of nitrogens with one attached hydrogen (secondary N) is 1. The van der Waals surface area contributed by atoms with Crippen LogP contribution in [0.1, 0.15) is 68.6 Å². The third kappa shape index (κ3) is 2.97. The molecule has 0 aromatic carbocycles. The van der Waals surface area contributed by atoms with Gasteiger partial charge in [-0.05, 0) is 38.0 Å². The highest BCUT2D eigenvalue weighted by Gasteiger charge is 2.47. The molecule has 5 heteroatoms. The molecule has 3 atom stereocenters. The van der Waals surface area contributed by atoms with Gasteiger partial charge in [-0.3, -0.25) is 0 Å². The number of hydrogen-bond donors (Lipinski definition) is 1. The van der Waals surface area contributed by atoms with Gasteiger partial charge in [0.1, 0.15) is 5.82 Å². The van der Waals surface area contributed by atoms with Crippen LogP contribution in [-0.4, -0.2) is 16.1 Å². The summed E-state index contributed by atoms with van der Waals surface area (Å²) in [6, 6.07) is 0. The fourth-order valence-corrected chi connectivity index (χ4v) is 3.95. The molecule has 1 heterocycles. The minimum atomic E-state index is -4.11. The average molecular weight is 300 g/mol. The van der Waals surface area contributed by atoms with Crippen molar-refractivity contribution >= 4 is 0 Å². The van der Waals surface area contributed by atoms with Gasteiger partial charge in [0.2, 0.25) is 0 Å². The van der Waals surface area contributed by atoms with Crippen molar-refractivity contribution in [1.29, 1.82) is 0 Å². The highest BCUT2D eigenvalue weighted by Crippen LogP contribution is 2.46. The minimum absolute atomic E-state index is 0.247. The zero-order chi connectivity index (χ0) is 15.0. The SMILES string of the molecule is CCC1CCc2nc(C3CCCCC3C(F)(F)F)[nH]c2C1. The third-order valence-electron chi connectivity index (χ3n) is 5.28. The van der Waals surface area contributed by atoms with E-state index in [1.165, 1.54) is 0 Å². The molecule has 1 N–H and O–H groups in total. The molecule has 0 aliphatic heterocycles. The maximum Gasteiger partial charge on any atom is 0.392 e. The number of rotatable bonds is 2. The number of imidazole rings is 1. The summed E-state index contributed by atoms with van der Waals surface area (Å²) in [4.78, 5) is 7.81. The number of H-pyrrole nitrogens is 1. The number of hydrogen-bond acceptors (Lipinski definition) is 1. The van der Waals surface area contributed by atoms with Crippen LogP contribution in [0, 0.1) is 11.8 Å². The molecule has 0 saturated heterocycles. The summed E-state index contributed by atoms with van der Waals surface area (Å²) >= 11 is 0. The van der Waals surface area contributed by atoms with E-state index >= 15 is 0 Å². The predicted octanol–water partition coefficient (Wildman–Crippen LogP) is 4.76. The molecule has 1 aromatic rings. The molecule has 0 radical (unpaired) electrons. The monoisotopic (exact) mass is 300 g/mol. The van der Waals surface area contributed by atoms with Crippen molar-refractivity contribution in [2.24, 2.45) is 11.8 Å². The maximum atomic E-state index is 13.2. The van der Waals surface area contributed by atoms with Crippen LogP contribution < -0.4 is 0 Å². The first-order valence-electron chi connectivity index (χ1n) is 8.13. The van der Waals surface area contributed by atoms with Crippen LogP contribution in [0.3, 0.4) is 0 Å². The minimum Gasteiger partial charge on any atom is -0.345 e. The standard InChI is InChI=1S/C16H23F3N2/c1-2-10-7-8-13-14(9-10)21-15(20-13)11-5-3-4-6-12(11)16(17,18)19/h10-12H,2-9H2,1H3,(H,20,21). The van der Waals surface area contributed by atoms with Crippen molar-refractivity contribution in [2.45, 2.75) is 70.4 Å². The molecular weight excluding hydrogens is 277 g/mol. The lowest BCUT2D eigenvalue weighted by atomic mass is 9.78. The van der Waals surface area contributed by atoms with Crippen LogP contribution in [0.5, 0.6) is 0 Å². The quantitative estimate of drug-likeness (QED) is 0.838. The van der Waals surface area contributed by atoms with E-state index in [4.69, 9.17) is 0 Å². The molecule has 118 valence electrons. The Bertz CT molecular complexity index is 492.